The normalized spacial score (nSPS) is 27.4. The molecule has 2 aliphatic heterocycles. The van der Waals surface area contributed by atoms with Gasteiger partial charge in [0.25, 0.3) is 11.8 Å². The van der Waals surface area contributed by atoms with Gasteiger partial charge >= 0.3 is 11.9 Å². The molecule has 0 saturated heterocycles. The quantitative estimate of drug-likeness (QED) is 0.113. The van der Waals surface area contributed by atoms with Crippen molar-refractivity contribution in [3.05, 3.63) is 80.9 Å². The number of rotatable bonds is 12. The van der Waals surface area contributed by atoms with Crippen molar-refractivity contribution in [2.75, 3.05) is 36.8 Å². The molecular weight excluding hydrogens is 831 g/mol. The molecule has 0 radical (unpaired) electrons. The molecule has 2 aromatic carbocycles. The van der Waals surface area contributed by atoms with Gasteiger partial charge in [-0.05, 0) is 93.7 Å². The standard InChI is InChI=1S/C46H52Cl2N8O6/c1-53-34-9-16-55(18-15-44-11-13-45(25-44,14-12-44)42(59)60)23-32(34)49-38(53)40(57)51-30-7-3-5-28(36(30)47)29-6-4-8-31(37(29)48)52-41(58)39-50-33-24-56(17-10-35(33)54(39)2)22-27-21-46(43(61)62)19-26(27)20-46/h3-8,26-27H,9-25H2,1-2H3,(H,51,57)(H,52,58)(H,59,60)(H,61,62). The number of nitrogens with one attached hydrogen (secondary N) is 2. The number of aliphatic carboxylic acids is 2. The van der Waals surface area contributed by atoms with Crippen LogP contribution in [0, 0.1) is 28.1 Å². The van der Waals surface area contributed by atoms with Crippen LogP contribution in [0.3, 0.4) is 0 Å². The lowest BCUT2D eigenvalue weighted by Crippen LogP contribution is -2.37. The van der Waals surface area contributed by atoms with E-state index in [1.807, 2.05) is 35.4 Å². The van der Waals surface area contributed by atoms with E-state index in [1.54, 1.807) is 24.3 Å². The molecule has 4 aromatic rings. The lowest BCUT2D eigenvalue weighted by atomic mass is 9.69. The Bertz CT molecular complexity index is 2530. The van der Waals surface area contributed by atoms with Gasteiger partial charge in [0, 0.05) is 82.2 Å². The summed E-state index contributed by atoms with van der Waals surface area (Å²) < 4.78 is 3.71. The van der Waals surface area contributed by atoms with Crippen LogP contribution in [0.2, 0.25) is 10.0 Å². The van der Waals surface area contributed by atoms with Crippen LogP contribution in [0.5, 0.6) is 0 Å². The lowest BCUT2D eigenvalue weighted by molar-refractivity contribution is -0.153. The van der Waals surface area contributed by atoms with Gasteiger partial charge in [-0.1, -0.05) is 47.5 Å². The Morgan fingerprint density at radius 1 is 0.726 bits per heavy atom. The number of halogens is 2. The molecule has 16 heteroatoms. The summed E-state index contributed by atoms with van der Waals surface area (Å²) in [7, 11) is 3.72. The maximum atomic E-state index is 13.8. The zero-order valence-electron chi connectivity index (χ0n) is 35.1. The predicted octanol–water partition coefficient (Wildman–Crippen LogP) is 7.27. The van der Waals surface area contributed by atoms with Crippen LogP contribution >= 0.6 is 23.2 Å². The highest BCUT2D eigenvalue weighted by atomic mass is 35.5. The van der Waals surface area contributed by atoms with Crippen LogP contribution in [0.1, 0.15) is 102 Å². The summed E-state index contributed by atoms with van der Waals surface area (Å²) >= 11 is 14.0. The van der Waals surface area contributed by atoms with Gasteiger partial charge in [-0.25, -0.2) is 9.97 Å². The zero-order valence-corrected chi connectivity index (χ0v) is 36.6. The molecule has 4 bridgehead atoms. The first kappa shape index (κ1) is 41.3. The molecule has 2 amide bonds. The smallest absolute Gasteiger partial charge is 0.309 e. The van der Waals surface area contributed by atoms with Gasteiger partial charge in [0.15, 0.2) is 11.6 Å². The molecule has 4 heterocycles. The Kier molecular flexibility index (Phi) is 10.1. The molecule has 14 nitrogen and oxygen atoms in total. The number of carboxylic acids is 2. The fourth-order valence-electron chi connectivity index (χ4n) is 12.2. The second kappa shape index (κ2) is 15.2. The maximum Gasteiger partial charge on any atom is 0.309 e. The number of carboxylic acid groups (broad SMARTS) is 2. The van der Waals surface area contributed by atoms with E-state index in [0.29, 0.717) is 53.3 Å². The van der Waals surface area contributed by atoms with E-state index in [4.69, 9.17) is 33.2 Å². The molecular formula is C46H52Cl2N8O6. The number of hydrogen-bond acceptors (Lipinski definition) is 8. The number of aromatic nitrogens is 4. The second-order valence-electron chi connectivity index (χ2n) is 19.3. The predicted molar refractivity (Wildman–Crippen MR) is 233 cm³/mol. The summed E-state index contributed by atoms with van der Waals surface area (Å²) in [4.78, 5) is 65.7. The Morgan fingerprint density at radius 2 is 1.24 bits per heavy atom. The van der Waals surface area contributed by atoms with Gasteiger partial charge < -0.3 is 30.0 Å². The fourth-order valence-corrected chi connectivity index (χ4v) is 12.8. The summed E-state index contributed by atoms with van der Waals surface area (Å²) in [5.41, 5.74) is 4.81. The van der Waals surface area contributed by atoms with Crippen molar-refractivity contribution in [1.82, 2.24) is 28.9 Å². The maximum absolute atomic E-state index is 13.8. The Morgan fingerprint density at radius 3 is 1.74 bits per heavy atom. The number of hydrogen-bond donors (Lipinski definition) is 4. The lowest BCUT2D eigenvalue weighted by Gasteiger charge is -2.35. The fraction of sp³-hybridized carbons (Fsp3) is 0.522. The third kappa shape index (κ3) is 6.83. The van der Waals surface area contributed by atoms with E-state index in [1.165, 1.54) is 0 Å². The minimum Gasteiger partial charge on any atom is -0.481 e. The Balaban J connectivity index is 0.788. The number of carbonyl (C=O) groups is 4. The molecule has 5 fully saturated rings. The molecule has 62 heavy (non-hydrogen) atoms. The third-order valence-electron chi connectivity index (χ3n) is 15.8. The van der Waals surface area contributed by atoms with Crippen LogP contribution in [-0.2, 0) is 49.6 Å². The van der Waals surface area contributed by atoms with Crippen molar-refractivity contribution in [1.29, 1.82) is 0 Å². The minimum atomic E-state index is -0.658. The van der Waals surface area contributed by atoms with Crippen LogP contribution in [0.25, 0.3) is 11.1 Å². The number of amides is 2. The molecule has 7 aliphatic rings. The largest absolute Gasteiger partial charge is 0.481 e. The van der Waals surface area contributed by atoms with Crippen LogP contribution in [0.15, 0.2) is 36.4 Å². The molecule has 5 saturated carbocycles. The monoisotopic (exact) mass is 882 g/mol. The minimum absolute atomic E-state index is 0.123. The van der Waals surface area contributed by atoms with Crippen LogP contribution in [0.4, 0.5) is 11.4 Å². The number of benzene rings is 2. The molecule has 1 atom stereocenters. The van der Waals surface area contributed by atoms with Crippen molar-refractivity contribution in [2.45, 2.75) is 83.7 Å². The van der Waals surface area contributed by atoms with E-state index < -0.39 is 28.7 Å². The van der Waals surface area contributed by atoms with E-state index in [0.717, 1.165) is 120 Å². The summed E-state index contributed by atoms with van der Waals surface area (Å²) in [5.74, 6) is -0.643. The Labute approximate surface area is 370 Å². The van der Waals surface area contributed by atoms with Gasteiger partial charge in [-0.2, -0.15) is 0 Å². The van der Waals surface area contributed by atoms with Crippen LogP contribution in [-0.4, -0.2) is 89.0 Å². The topological polar surface area (TPSA) is 175 Å². The second-order valence-corrected chi connectivity index (χ2v) is 20.0. The average Bonchev–Trinajstić information content (AvgIpc) is 4.09. The number of anilines is 2. The van der Waals surface area contributed by atoms with Crippen molar-refractivity contribution < 1.29 is 29.4 Å². The average molecular weight is 884 g/mol. The first-order valence-corrected chi connectivity index (χ1v) is 22.6. The SMILES string of the molecule is Cn1c(C(=O)Nc2cccc(-c3cccc(NC(=O)c4nc5c(n4C)CCN(CC4CC6(C(=O)O)CC4C6)C5)c3Cl)c2Cl)nc2c1CCN(CCC13CCC(C(=O)O)(CC1)C3)C2. The first-order valence-electron chi connectivity index (χ1n) is 21.9. The summed E-state index contributed by atoms with van der Waals surface area (Å²) in [6.07, 6.45) is 9.14. The number of carbonyl (C=O) groups excluding carboxylic acids is 2. The van der Waals surface area contributed by atoms with Crippen molar-refractivity contribution in [3.63, 3.8) is 0 Å². The third-order valence-corrected chi connectivity index (χ3v) is 16.6. The van der Waals surface area contributed by atoms with Gasteiger partial charge in [0.2, 0.25) is 0 Å². The first-order chi connectivity index (χ1) is 29.7. The van der Waals surface area contributed by atoms with Crippen LogP contribution < -0.4 is 10.6 Å². The van der Waals surface area contributed by atoms with E-state index in [-0.39, 0.29) is 27.2 Å². The highest BCUT2D eigenvalue weighted by Crippen LogP contribution is 2.63. The summed E-state index contributed by atoms with van der Waals surface area (Å²) in [6.45, 7) is 4.66. The van der Waals surface area contributed by atoms with Crippen molar-refractivity contribution >= 4 is 58.3 Å². The zero-order chi connectivity index (χ0) is 43.3. The molecule has 0 spiro atoms. The molecule has 326 valence electrons. The molecule has 4 N–H and O–H groups in total. The van der Waals surface area contributed by atoms with E-state index in [2.05, 4.69) is 20.4 Å². The molecule has 5 aliphatic carbocycles. The number of nitrogens with zero attached hydrogens (tertiary/aromatic N) is 6. The van der Waals surface area contributed by atoms with Gasteiger partial charge in [-0.15, -0.1) is 0 Å². The van der Waals surface area contributed by atoms with E-state index >= 15 is 0 Å². The van der Waals surface area contributed by atoms with Gasteiger partial charge in [-0.3, -0.25) is 29.0 Å². The van der Waals surface area contributed by atoms with Crippen molar-refractivity contribution in [2.24, 2.45) is 42.2 Å². The number of imidazole rings is 2. The molecule has 2 aromatic heterocycles. The summed E-state index contributed by atoms with van der Waals surface area (Å²) in [5, 5.41) is 26.1. The number of fused-ring (bicyclic) bond motifs is 5. The molecule has 1 unspecified atom stereocenters. The van der Waals surface area contributed by atoms with Crippen molar-refractivity contribution in [3.8, 4) is 11.1 Å². The molecule has 11 rings (SSSR count). The van der Waals surface area contributed by atoms with Gasteiger partial charge in [0.1, 0.15) is 0 Å². The highest BCUT2D eigenvalue weighted by Gasteiger charge is 2.61. The highest BCUT2D eigenvalue weighted by molar-refractivity contribution is 6.40. The Hall–Kier alpha value is -4.76. The van der Waals surface area contributed by atoms with Gasteiger partial charge in [0.05, 0.1) is 43.6 Å². The van der Waals surface area contributed by atoms with E-state index in [9.17, 15) is 29.4 Å². The summed E-state index contributed by atoms with van der Waals surface area (Å²) in [6, 6.07) is 10.6.